The number of guanidine groups is 1. The minimum Gasteiger partial charge on any atom is -0.352 e. The van der Waals surface area contributed by atoms with Crippen LogP contribution in [0.2, 0.25) is 0 Å². The minimum atomic E-state index is 0. The van der Waals surface area contributed by atoms with E-state index in [1.165, 1.54) is 16.0 Å². The van der Waals surface area contributed by atoms with E-state index in [4.69, 9.17) is 0 Å². The maximum Gasteiger partial charge on any atom is 0.191 e. The number of imidazole rings is 1. The van der Waals surface area contributed by atoms with Gasteiger partial charge in [-0.3, -0.25) is 4.99 Å². The van der Waals surface area contributed by atoms with Gasteiger partial charge in [0.1, 0.15) is 5.01 Å². The second-order valence-corrected chi connectivity index (χ2v) is 7.01. The second kappa shape index (κ2) is 10.3. The van der Waals surface area contributed by atoms with Crippen molar-refractivity contribution in [1.29, 1.82) is 0 Å². The van der Waals surface area contributed by atoms with Crippen molar-refractivity contribution in [3.05, 3.63) is 70.2 Å². The van der Waals surface area contributed by atoms with Crippen molar-refractivity contribution in [2.45, 2.75) is 26.6 Å². The summed E-state index contributed by atoms with van der Waals surface area (Å²) >= 11 is 1.69. The summed E-state index contributed by atoms with van der Waals surface area (Å²) in [7, 11) is 1.77. The number of nitrogens with one attached hydrogen (secondary N) is 2. The summed E-state index contributed by atoms with van der Waals surface area (Å²) in [5.74, 6) is 0.773. The predicted molar refractivity (Wildman–Crippen MR) is 117 cm³/mol. The van der Waals surface area contributed by atoms with Gasteiger partial charge < -0.3 is 15.2 Å². The number of benzene rings is 1. The fourth-order valence-electron chi connectivity index (χ4n) is 2.40. The van der Waals surface area contributed by atoms with Crippen LogP contribution >= 0.6 is 35.3 Å². The fourth-order valence-corrected chi connectivity index (χ4v) is 3.13. The Bertz CT molecular complexity index is 811. The van der Waals surface area contributed by atoms with Gasteiger partial charge in [-0.1, -0.05) is 24.3 Å². The summed E-state index contributed by atoms with van der Waals surface area (Å²) in [6.45, 7) is 4.30. The van der Waals surface area contributed by atoms with Gasteiger partial charge in [-0.25, -0.2) is 9.97 Å². The smallest absolute Gasteiger partial charge is 0.191 e. The second-order valence-electron chi connectivity index (χ2n) is 5.70. The van der Waals surface area contributed by atoms with E-state index in [-0.39, 0.29) is 24.0 Å². The first-order valence-electron chi connectivity index (χ1n) is 8.12. The van der Waals surface area contributed by atoms with Crippen LogP contribution in [0.25, 0.3) is 0 Å². The van der Waals surface area contributed by atoms with Gasteiger partial charge in [0.25, 0.3) is 0 Å². The van der Waals surface area contributed by atoms with Crippen LogP contribution in [0.5, 0.6) is 0 Å². The van der Waals surface area contributed by atoms with E-state index in [9.17, 15) is 0 Å². The van der Waals surface area contributed by atoms with E-state index < -0.39 is 0 Å². The molecule has 26 heavy (non-hydrogen) atoms. The highest BCUT2D eigenvalue weighted by molar-refractivity contribution is 14.0. The molecule has 0 fully saturated rings. The Morgan fingerprint density at radius 1 is 1.15 bits per heavy atom. The van der Waals surface area contributed by atoms with Gasteiger partial charge >= 0.3 is 0 Å². The molecule has 2 N–H and O–H groups in total. The average Bonchev–Trinajstić information content (AvgIpc) is 3.28. The highest BCUT2D eigenvalue weighted by Crippen LogP contribution is 2.10. The van der Waals surface area contributed by atoms with Crippen molar-refractivity contribution in [1.82, 2.24) is 25.2 Å². The average molecular weight is 482 g/mol. The molecular weight excluding hydrogens is 459 g/mol. The van der Waals surface area contributed by atoms with Crippen molar-refractivity contribution >= 4 is 41.3 Å². The molecule has 2 aromatic heterocycles. The number of aryl methyl sites for hydroxylation is 1. The van der Waals surface area contributed by atoms with E-state index in [2.05, 4.69) is 61.4 Å². The van der Waals surface area contributed by atoms with E-state index in [1.54, 1.807) is 24.6 Å². The quantitative estimate of drug-likeness (QED) is 0.322. The van der Waals surface area contributed by atoms with Crippen LogP contribution in [0.3, 0.4) is 0 Å². The summed E-state index contributed by atoms with van der Waals surface area (Å²) in [5.41, 5.74) is 2.46. The van der Waals surface area contributed by atoms with Gasteiger partial charge in [-0.15, -0.1) is 35.3 Å². The zero-order valence-corrected chi connectivity index (χ0v) is 18.0. The van der Waals surface area contributed by atoms with Crippen LogP contribution in [-0.4, -0.2) is 27.5 Å². The van der Waals surface area contributed by atoms with Crippen molar-refractivity contribution in [3.63, 3.8) is 0 Å². The maximum atomic E-state index is 4.35. The van der Waals surface area contributed by atoms with E-state index in [0.29, 0.717) is 6.54 Å². The topological polar surface area (TPSA) is 67.1 Å². The lowest BCUT2D eigenvalue weighted by Crippen LogP contribution is -2.36. The van der Waals surface area contributed by atoms with Gasteiger partial charge in [0.2, 0.25) is 0 Å². The number of aromatic nitrogens is 3. The molecule has 0 bridgehead atoms. The Morgan fingerprint density at radius 2 is 1.88 bits per heavy atom. The summed E-state index contributed by atoms with van der Waals surface area (Å²) in [6.07, 6.45) is 7.48. The van der Waals surface area contributed by atoms with Crippen molar-refractivity contribution in [2.24, 2.45) is 4.99 Å². The Labute approximate surface area is 174 Å². The van der Waals surface area contributed by atoms with Crippen LogP contribution < -0.4 is 10.6 Å². The normalized spacial score (nSPS) is 11.1. The van der Waals surface area contributed by atoms with Crippen molar-refractivity contribution in [2.75, 3.05) is 7.05 Å². The Hall–Kier alpha value is -1.94. The first-order chi connectivity index (χ1) is 12.2. The van der Waals surface area contributed by atoms with Gasteiger partial charge in [0.05, 0.1) is 12.9 Å². The molecule has 1 aromatic carbocycles. The van der Waals surface area contributed by atoms with Crippen LogP contribution in [0.1, 0.15) is 21.0 Å². The first kappa shape index (κ1) is 20.4. The molecular formula is C18H23IN6S. The van der Waals surface area contributed by atoms with E-state index in [1.807, 2.05) is 18.7 Å². The third kappa shape index (κ3) is 6.10. The van der Waals surface area contributed by atoms with E-state index >= 15 is 0 Å². The highest BCUT2D eigenvalue weighted by atomic mass is 127. The molecule has 138 valence electrons. The minimum absolute atomic E-state index is 0. The predicted octanol–water partition coefficient (Wildman–Crippen LogP) is 3.18. The van der Waals surface area contributed by atoms with Crippen molar-refractivity contribution < 1.29 is 0 Å². The van der Waals surface area contributed by atoms with E-state index in [0.717, 1.165) is 24.1 Å². The Kier molecular flexibility index (Phi) is 8.05. The molecule has 2 heterocycles. The molecule has 0 atom stereocenters. The van der Waals surface area contributed by atoms with Gasteiger partial charge in [0, 0.05) is 43.6 Å². The highest BCUT2D eigenvalue weighted by Gasteiger charge is 2.02. The summed E-state index contributed by atoms with van der Waals surface area (Å²) < 4.78 is 2.05. The molecule has 0 aliphatic carbocycles. The van der Waals surface area contributed by atoms with Crippen molar-refractivity contribution in [3.8, 4) is 0 Å². The molecule has 6 nitrogen and oxygen atoms in total. The Balaban J connectivity index is 0.00000243. The number of hydrogen-bond donors (Lipinski definition) is 2. The number of rotatable bonds is 6. The van der Waals surface area contributed by atoms with Gasteiger partial charge in [-0.05, 0) is 18.1 Å². The number of thiazole rings is 1. The standard InChI is InChI=1S/C18H22N6S.HI/c1-14-9-21-17(25-14)11-23-18(19-2)22-10-15-3-5-16(6-4-15)12-24-8-7-20-13-24;/h3-9,13H,10-12H2,1-2H3,(H2,19,22,23);1H. The molecule has 8 heteroatoms. The summed E-state index contributed by atoms with van der Waals surface area (Å²) in [6, 6.07) is 8.56. The lowest BCUT2D eigenvalue weighted by Gasteiger charge is -2.11. The molecule has 0 unspecified atom stereocenters. The molecule has 0 spiro atoms. The molecule has 0 amide bonds. The lowest BCUT2D eigenvalue weighted by atomic mass is 10.1. The van der Waals surface area contributed by atoms with Gasteiger partial charge in [0.15, 0.2) is 5.96 Å². The summed E-state index contributed by atoms with van der Waals surface area (Å²) in [5, 5.41) is 7.67. The van der Waals surface area contributed by atoms with Crippen LogP contribution in [-0.2, 0) is 19.6 Å². The van der Waals surface area contributed by atoms with Crippen LogP contribution in [0, 0.1) is 6.92 Å². The molecule has 0 radical (unpaired) electrons. The third-order valence-corrected chi connectivity index (χ3v) is 4.62. The van der Waals surface area contributed by atoms with Gasteiger partial charge in [-0.2, -0.15) is 0 Å². The first-order valence-corrected chi connectivity index (χ1v) is 8.94. The zero-order valence-electron chi connectivity index (χ0n) is 14.8. The number of hydrogen-bond acceptors (Lipinski definition) is 4. The molecule has 0 aliphatic rings. The SMILES string of the molecule is CN=C(NCc1ccc(Cn2ccnc2)cc1)NCc1ncc(C)s1.I. The largest absolute Gasteiger partial charge is 0.352 e. The molecule has 0 saturated heterocycles. The summed E-state index contributed by atoms with van der Waals surface area (Å²) in [4.78, 5) is 13.9. The van der Waals surface area contributed by atoms with Crippen LogP contribution in [0.4, 0.5) is 0 Å². The lowest BCUT2D eigenvalue weighted by molar-refractivity contribution is 0.791. The number of aliphatic imine (C=N–C) groups is 1. The van der Waals surface area contributed by atoms with Crippen LogP contribution in [0.15, 0.2) is 54.2 Å². The number of nitrogens with zero attached hydrogens (tertiary/aromatic N) is 4. The molecule has 0 aliphatic heterocycles. The monoisotopic (exact) mass is 482 g/mol. The third-order valence-electron chi connectivity index (χ3n) is 3.71. The zero-order chi connectivity index (χ0) is 17.5. The molecule has 0 saturated carbocycles. The Morgan fingerprint density at radius 3 is 2.50 bits per heavy atom. The molecule has 3 rings (SSSR count). The maximum absolute atomic E-state index is 4.35. The fraction of sp³-hybridized carbons (Fsp3) is 0.278. The number of halogens is 1. The molecule has 3 aromatic rings.